The molecule has 3 rings (SSSR count). The van der Waals surface area contributed by atoms with Gasteiger partial charge in [0, 0.05) is 30.2 Å². The second-order valence-corrected chi connectivity index (χ2v) is 4.81. The molecule has 0 aliphatic rings. The SMILES string of the molecule is COc1cccc(CNCc2c[nH]c3ccccc23)c1. The number of hydrogen-bond donors (Lipinski definition) is 2. The number of rotatable bonds is 5. The minimum absolute atomic E-state index is 0.830. The normalized spacial score (nSPS) is 10.8. The smallest absolute Gasteiger partial charge is 0.119 e. The lowest BCUT2D eigenvalue weighted by Crippen LogP contribution is -2.12. The second kappa shape index (κ2) is 5.80. The standard InChI is InChI=1S/C17H18N2O/c1-20-15-6-4-5-13(9-15)10-18-11-14-12-19-17-8-3-2-7-16(14)17/h2-9,12,18-19H,10-11H2,1H3. The number of para-hydroxylation sites is 1. The first kappa shape index (κ1) is 12.8. The van der Waals surface area contributed by atoms with E-state index in [0.29, 0.717) is 0 Å². The fourth-order valence-corrected chi connectivity index (χ4v) is 2.40. The van der Waals surface area contributed by atoms with E-state index >= 15 is 0 Å². The maximum Gasteiger partial charge on any atom is 0.119 e. The van der Waals surface area contributed by atoms with Gasteiger partial charge in [0.25, 0.3) is 0 Å². The third-order valence-electron chi connectivity index (χ3n) is 3.45. The zero-order valence-electron chi connectivity index (χ0n) is 11.5. The van der Waals surface area contributed by atoms with Gasteiger partial charge in [-0.3, -0.25) is 0 Å². The lowest BCUT2D eigenvalue weighted by Gasteiger charge is -2.06. The second-order valence-electron chi connectivity index (χ2n) is 4.81. The molecular formula is C17H18N2O. The first-order valence-corrected chi connectivity index (χ1v) is 6.75. The summed E-state index contributed by atoms with van der Waals surface area (Å²) in [5.41, 5.74) is 3.71. The van der Waals surface area contributed by atoms with Crippen molar-refractivity contribution in [3.05, 3.63) is 65.9 Å². The lowest BCUT2D eigenvalue weighted by atomic mass is 10.1. The van der Waals surface area contributed by atoms with Crippen molar-refractivity contribution in [3.8, 4) is 5.75 Å². The number of ether oxygens (including phenoxy) is 1. The van der Waals surface area contributed by atoms with E-state index in [0.717, 1.165) is 18.8 Å². The number of nitrogens with one attached hydrogen (secondary N) is 2. The van der Waals surface area contributed by atoms with Crippen LogP contribution in [0.5, 0.6) is 5.75 Å². The van der Waals surface area contributed by atoms with Crippen LogP contribution in [0.3, 0.4) is 0 Å². The molecule has 102 valence electrons. The zero-order chi connectivity index (χ0) is 13.8. The van der Waals surface area contributed by atoms with Crippen molar-refractivity contribution in [2.45, 2.75) is 13.1 Å². The molecule has 0 aliphatic carbocycles. The number of fused-ring (bicyclic) bond motifs is 1. The van der Waals surface area contributed by atoms with Gasteiger partial charge in [0.2, 0.25) is 0 Å². The van der Waals surface area contributed by atoms with Gasteiger partial charge in [-0.1, -0.05) is 30.3 Å². The maximum atomic E-state index is 5.23. The molecule has 1 aromatic heterocycles. The Hall–Kier alpha value is -2.26. The predicted molar refractivity (Wildman–Crippen MR) is 81.8 cm³/mol. The van der Waals surface area contributed by atoms with Crippen molar-refractivity contribution < 1.29 is 4.74 Å². The average Bonchev–Trinajstić information content (AvgIpc) is 2.91. The van der Waals surface area contributed by atoms with Crippen molar-refractivity contribution in [3.63, 3.8) is 0 Å². The van der Waals surface area contributed by atoms with E-state index in [2.05, 4.69) is 46.8 Å². The highest BCUT2D eigenvalue weighted by molar-refractivity contribution is 5.82. The van der Waals surface area contributed by atoms with Crippen molar-refractivity contribution in [2.24, 2.45) is 0 Å². The number of methoxy groups -OCH3 is 1. The third kappa shape index (κ3) is 2.68. The van der Waals surface area contributed by atoms with Gasteiger partial charge in [-0.2, -0.15) is 0 Å². The molecule has 0 fully saturated rings. The molecule has 0 saturated carbocycles. The fourth-order valence-electron chi connectivity index (χ4n) is 2.40. The van der Waals surface area contributed by atoms with Crippen molar-refractivity contribution in [1.82, 2.24) is 10.3 Å². The quantitative estimate of drug-likeness (QED) is 0.742. The van der Waals surface area contributed by atoms with Gasteiger partial charge < -0.3 is 15.0 Å². The number of hydrogen-bond acceptors (Lipinski definition) is 2. The highest BCUT2D eigenvalue weighted by Crippen LogP contribution is 2.17. The molecule has 0 spiro atoms. The summed E-state index contributed by atoms with van der Waals surface area (Å²) in [5.74, 6) is 0.899. The Morgan fingerprint density at radius 3 is 2.85 bits per heavy atom. The molecule has 0 atom stereocenters. The summed E-state index contributed by atoms with van der Waals surface area (Å²) in [5, 5.41) is 4.75. The Morgan fingerprint density at radius 1 is 1.05 bits per heavy atom. The largest absolute Gasteiger partial charge is 0.497 e. The van der Waals surface area contributed by atoms with Gasteiger partial charge in [0.1, 0.15) is 5.75 Å². The van der Waals surface area contributed by atoms with Crippen molar-refractivity contribution in [2.75, 3.05) is 7.11 Å². The van der Waals surface area contributed by atoms with E-state index in [1.54, 1.807) is 7.11 Å². The van der Waals surface area contributed by atoms with Crippen LogP contribution in [0.15, 0.2) is 54.7 Å². The highest BCUT2D eigenvalue weighted by Gasteiger charge is 2.02. The van der Waals surface area contributed by atoms with Crippen LogP contribution in [0.25, 0.3) is 10.9 Å². The maximum absolute atomic E-state index is 5.23. The molecule has 20 heavy (non-hydrogen) atoms. The minimum atomic E-state index is 0.830. The van der Waals surface area contributed by atoms with Crippen LogP contribution in [-0.4, -0.2) is 12.1 Å². The van der Waals surface area contributed by atoms with Gasteiger partial charge in [-0.25, -0.2) is 0 Å². The van der Waals surface area contributed by atoms with Crippen LogP contribution in [0.4, 0.5) is 0 Å². The predicted octanol–water partition coefficient (Wildman–Crippen LogP) is 3.47. The molecule has 0 bridgehead atoms. The summed E-state index contributed by atoms with van der Waals surface area (Å²) in [6.07, 6.45) is 2.07. The van der Waals surface area contributed by atoms with E-state index in [4.69, 9.17) is 4.74 Å². The first-order valence-electron chi connectivity index (χ1n) is 6.75. The van der Waals surface area contributed by atoms with Crippen molar-refractivity contribution >= 4 is 10.9 Å². The topological polar surface area (TPSA) is 37.0 Å². The molecule has 0 unspecified atom stereocenters. The summed E-state index contributed by atoms with van der Waals surface area (Å²) in [6, 6.07) is 16.5. The minimum Gasteiger partial charge on any atom is -0.497 e. The lowest BCUT2D eigenvalue weighted by molar-refractivity contribution is 0.414. The Balaban J connectivity index is 1.65. The van der Waals surface area contributed by atoms with Crippen LogP contribution in [0, 0.1) is 0 Å². The fraction of sp³-hybridized carbons (Fsp3) is 0.176. The van der Waals surface area contributed by atoms with E-state index in [1.165, 1.54) is 22.0 Å². The molecule has 2 aromatic carbocycles. The van der Waals surface area contributed by atoms with Gasteiger partial charge in [-0.05, 0) is 29.3 Å². The Kier molecular flexibility index (Phi) is 3.70. The van der Waals surface area contributed by atoms with E-state index in [1.807, 2.05) is 18.2 Å². The van der Waals surface area contributed by atoms with Gasteiger partial charge >= 0.3 is 0 Å². The van der Waals surface area contributed by atoms with E-state index in [-0.39, 0.29) is 0 Å². The summed E-state index contributed by atoms with van der Waals surface area (Å²) in [6.45, 7) is 1.68. The molecular weight excluding hydrogens is 248 g/mol. The first-order chi connectivity index (χ1) is 9.86. The summed E-state index contributed by atoms with van der Waals surface area (Å²) < 4.78 is 5.23. The highest BCUT2D eigenvalue weighted by atomic mass is 16.5. The van der Waals surface area contributed by atoms with Crippen LogP contribution < -0.4 is 10.1 Å². The van der Waals surface area contributed by atoms with Gasteiger partial charge in [0.15, 0.2) is 0 Å². The van der Waals surface area contributed by atoms with Crippen molar-refractivity contribution in [1.29, 1.82) is 0 Å². The van der Waals surface area contributed by atoms with E-state index in [9.17, 15) is 0 Å². The molecule has 3 heteroatoms. The Bertz CT molecular complexity index is 703. The molecule has 0 amide bonds. The molecule has 2 N–H and O–H groups in total. The Morgan fingerprint density at radius 2 is 1.95 bits per heavy atom. The Labute approximate surface area is 118 Å². The molecule has 3 nitrogen and oxygen atoms in total. The zero-order valence-corrected chi connectivity index (χ0v) is 11.5. The summed E-state index contributed by atoms with van der Waals surface area (Å²) >= 11 is 0. The van der Waals surface area contributed by atoms with Crippen LogP contribution in [-0.2, 0) is 13.1 Å². The number of benzene rings is 2. The van der Waals surface area contributed by atoms with Crippen LogP contribution >= 0.6 is 0 Å². The number of aromatic nitrogens is 1. The molecule has 3 aromatic rings. The molecule has 0 radical (unpaired) electrons. The summed E-state index contributed by atoms with van der Waals surface area (Å²) in [7, 11) is 1.69. The van der Waals surface area contributed by atoms with Gasteiger partial charge in [0.05, 0.1) is 7.11 Å². The van der Waals surface area contributed by atoms with Crippen LogP contribution in [0.1, 0.15) is 11.1 Å². The van der Waals surface area contributed by atoms with Crippen LogP contribution in [0.2, 0.25) is 0 Å². The molecule has 1 heterocycles. The molecule has 0 saturated heterocycles. The van der Waals surface area contributed by atoms with Gasteiger partial charge in [-0.15, -0.1) is 0 Å². The van der Waals surface area contributed by atoms with E-state index < -0.39 is 0 Å². The summed E-state index contributed by atoms with van der Waals surface area (Å²) in [4.78, 5) is 3.30. The number of aromatic amines is 1. The third-order valence-corrected chi connectivity index (χ3v) is 3.45. The monoisotopic (exact) mass is 266 g/mol. The number of H-pyrrole nitrogens is 1. The molecule has 0 aliphatic heterocycles. The average molecular weight is 266 g/mol.